The highest BCUT2D eigenvalue weighted by atomic mass is 32.1. The Labute approximate surface area is 209 Å². The molecule has 0 amide bonds. The van der Waals surface area contributed by atoms with Crippen LogP contribution in [0.4, 0.5) is 0 Å². The van der Waals surface area contributed by atoms with Crippen LogP contribution in [0.1, 0.15) is 83.6 Å². The molecule has 190 valence electrons. The van der Waals surface area contributed by atoms with Crippen LogP contribution in [0, 0.1) is 6.92 Å². The molecule has 0 aliphatic heterocycles. The molecule has 33 heavy (non-hydrogen) atoms. The van der Waals surface area contributed by atoms with Crippen molar-refractivity contribution in [3.8, 4) is 0 Å². The van der Waals surface area contributed by atoms with E-state index in [9.17, 15) is 9.59 Å². The molecule has 0 saturated heterocycles. The van der Waals surface area contributed by atoms with Crippen molar-refractivity contribution in [1.82, 2.24) is 0 Å². The van der Waals surface area contributed by atoms with Crippen molar-refractivity contribution in [3.63, 3.8) is 0 Å². The van der Waals surface area contributed by atoms with Crippen molar-refractivity contribution in [2.24, 2.45) is 0 Å². The van der Waals surface area contributed by atoms with Gasteiger partial charge in [0, 0.05) is 11.6 Å². The summed E-state index contributed by atoms with van der Waals surface area (Å²) in [5.41, 5.74) is 1.75. The molecule has 5 heteroatoms. The fourth-order valence-electron chi connectivity index (χ4n) is 2.39. The third-order valence-electron chi connectivity index (χ3n) is 4.35. The summed E-state index contributed by atoms with van der Waals surface area (Å²) >= 11 is 4.20. The van der Waals surface area contributed by atoms with Gasteiger partial charge < -0.3 is 9.47 Å². The first-order valence-electron chi connectivity index (χ1n) is 11.9. The first-order valence-corrected chi connectivity index (χ1v) is 12.5. The lowest BCUT2D eigenvalue weighted by molar-refractivity contribution is -0.136. The molecule has 0 fully saturated rings. The van der Waals surface area contributed by atoms with E-state index in [1.54, 1.807) is 6.92 Å². The van der Waals surface area contributed by atoms with Gasteiger partial charge in [-0.25, -0.2) is 9.59 Å². The Bertz CT molecular complexity index is 575. The van der Waals surface area contributed by atoms with Crippen LogP contribution in [0.15, 0.2) is 55.1 Å². The highest BCUT2D eigenvalue weighted by molar-refractivity contribution is 7.80. The van der Waals surface area contributed by atoms with Crippen molar-refractivity contribution in [2.75, 3.05) is 20.0 Å². The number of rotatable bonds is 12. The van der Waals surface area contributed by atoms with E-state index in [-0.39, 0.29) is 5.97 Å². The Morgan fingerprint density at radius 3 is 1.55 bits per heavy atom. The van der Waals surface area contributed by atoms with Gasteiger partial charge in [0.2, 0.25) is 0 Å². The number of benzene rings is 1. The Morgan fingerprint density at radius 1 is 0.879 bits per heavy atom. The summed E-state index contributed by atoms with van der Waals surface area (Å²) < 4.78 is 8.42. The van der Waals surface area contributed by atoms with Gasteiger partial charge in [-0.15, -0.1) is 0 Å². The molecular formula is C28H48O4S. The summed E-state index contributed by atoms with van der Waals surface area (Å²) in [4.78, 5) is 20.0. The first kappa shape index (κ1) is 35.6. The minimum atomic E-state index is -0.394. The SMILES string of the molecule is C=C(C)C(=O)OC.C=CC(=O)OC.CCCCCCCCCCCCS.Cc1ccccc1. The van der Waals surface area contributed by atoms with Gasteiger partial charge in [0.25, 0.3) is 0 Å². The summed E-state index contributed by atoms with van der Waals surface area (Å²) in [6, 6.07) is 10.3. The predicted molar refractivity (Wildman–Crippen MR) is 146 cm³/mol. The zero-order valence-corrected chi connectivity index (χ0v) is 22.6. The molecule has 0 aromatic heterocycles. The molecule has 0 aliphatic rings. The number of aryl methyl sites for hydroxylation is 1. The molecule has 0 aliphatic carbocycles. The van der Waals surface area contributed by atoms with Crippen molar-refractivity contribution in [2.45, 2.75) is 85.0 Å². The monoisotopic (exact) mass is 480 g/mol. The van der Waals surface area contributed by atoms with E-state index in [0.29, 0.717) is 5.57 Å². The van der Waals surface area contributed by atoms with Crippen LogP contribution in [0.2, 0.25) is 0 Å². The summed E-state index contributed by atoms with van der Waals surface area (Å²) in [5, 5.41) is 0. The molecular weight excluding hydrogens is 432 g/mol. The topological polar surface area (TPSA) is 52.6 Å². The lowest BCUT2D eigenvalue weighted by Gasteiger charge is -2.00. The molecule has 1 rings (SSSR count). The number of carbonyl (C=O) groups excluding carboxylic acids is 2. The lowest BCUT2D eigenvalue weighted by Crippen LogP contribution is -1.98. The Hall–Kier alpha value is -2.01. The van der Waals surface area contributed by atoms with Crippen LogP contribution >= 0.6 is 12.6 Å². The molecule has 0 spiro atoms. The maximum Gasteiger partial charge on any atom is 0.332 e. The molecule has 0 N–H and O–H groups in total. The maximum absolute atomic E-state index is 10.2. The molecule has 1 aromatic carbocycles. The van der Waals surface area contributed by atoms with Crippen LogP contribution in [-0.4, -0.2) is 31.9 Å². The number of carbonyl (C=O) groups is 2. The largest absolute Gasteiger partial charge is 0.466 e. The molecule has 0 atom stereocenters. The number of hydrogen-bond acceptors (Lipinski definition) is 5. The standard InChI is InChI=1S/C12H26S.C7H8.C5H8O2.C4H6O2/c1-2-3-4-5-6-7-8-9-10-11-12-13;1-7-5-3-2-4-6-7;1-4(2)5(6)7-3;1-3-4(5)6-2/h13H,2-12H2,1H3;2-6H,1H3;1H2,2-3H3;3H,1H2,2H3. The number of unbranched alkanes of at least 4 members (excludes halogenated alkanes) is 9. The zero-order chi connectivity index (χ0) is 25.7. The third-order valence-corrected chi connectivity index (χ3v) is 4.67. The van der Waals surface area contributed by atoms with Gasteiger partial charge in [0.1, 0.15) is 0 Å². The van der Waals surface area contributed by atoms with Gasteiger partial charge in [-0.05, 0) is 26.0 Å². The first-order chi connectivity index (χ1) is 15.8. The summed E-state index contributed by atoms with van der Waals surface area (Å²) in [6.07, 6.45) is 15.3. The maximum atomic E-state index is 10.2. The number of esters is 2. The average molecular weight is 481 g/mol. The van der Waals surface area contributed by atoms with Crippen LogP contribution in [0.5, 0.6) is 0 Å². The second kappa shape index (κ2) is 30.0. The Morgan fingerprint density at radius 2 is 1.33 bits per heavy atom. The Balaban J connectivity index is -0.000000386. The van der Waals surface area contributed by atoms with E-state index < -0.39 is 5.97 Å². The minimum absolute atomic E-state index is 0.347. The van der Waals surface area contributed by atoms with Crippen molar-refractivity contribution in [3.05, 3.63) is 60.7 Å². The molecule has 0 radical (unpaired) electrons. The number of methoxy groups -OCH3 is 2. The molecule has 0 unspecified atom stereocenters. The third kappa shape index (κ3) is 34.8. The van der Waals surface area contributed by atoms with Crippen LogP contribution in [-0.2, 0) is 19.1 Å². The second-order valence-corrected chi connectivity index (χ2v) is 8.01. The molecule has 4 nitrogen and oxygen atoms in total. The van der Waals surface area contributed by atoms with Crippen LogP contribution in [0.3, 0.4) is 0 Å². The van der Waals surface area contributed by atoms with Gasteiger partial charge in [0.15, 0.2) is 0 Å². The smallest absolute Gasteiger partial charge is 0.332 e. The molecule has 0 heterocycles. The van der Waals surface area contributed by atoms with E-state index in [1.165, 1.54) is 84.0 Å². The van der Waals surface area contributed by atoms with Gasteiger partial charge >= 0.3 is 11.9 Å². The zero-order valence-electron chi connectivity index (χ0n) is 21.7. The van der Waals surface area contributed by atoms with Crippen molar-refractivity contribution in [1.29, 1.82) is 0 Å². The second-order valence-electron chi connectivity index (χ2n) is 7.56. The fourth-order valence-corrected chi connectivity index (χ4v) is 2.61. The van der Waals surface area contributed by atoms with Crippen molar-refractivity contribution >= 4 is 24.6 Å². The molecule has 1 aromatic rings. The quantitative estimate of drug-likeness (QED) is 0.143. The predicted octanol–water partition coefficient (Wildman–Crippen LogP) is 7.91. The highest BCUT2D eigenvalue weighted by Crippen LogP contribution is 2.10. The van der Waals surface area contributed by atoms with Gasteiger partial charge in [-0.2, -0.15) is 12.6 Å². The van der Waals surface area contributed by atoms with Gasteiger partial charge in [-0.1, -0.05) is 114 Å². The summed E-state index contributed by atoms with van der Waals surface area (Å²) in [5.74, 6) is 0.325. The van der Waals surface area contributed by atoms with Crippen LogP contribution in [0.25, 0.3) is 0 Å². The molecule has 0 bridgehead atoms. The summed E-state index contributed by atoms with van der Waals surface area (Å²) in [7, 11) is 2.64. The normalized spacial score (nSPS) is 8.91. The number of thiol groups is 1. The lowest BCUT2D eigenvalue weighted by atomic mass is 10.1. The highest BCUT2D eigenvalue weighted by Gasteiger charge is 1.95. The Kier molecular flexibility index (Phi) is 32.3. The fraction of sp³-hybridized carbons (Fsp3) is 0.571. The van der Waals surface area contributed by atoms with E-state index in [0.717, 1.165) is 11.8 Å². The van der Waals surface area contributed by atoms with Crippen molar-refractivity contribution < 1.29 is 19.1 Å². The van der Waals surface area contributed by atoms with E-state index in [2.05, 4.69) is 61.2 Å². The van der Waals surface area contributed by atoms with Crippen LogP contribution < -0.4 is 0 Å². The van der Waals surface area contributed by atoms with Gasteiger partial charge in [0.05, 0.1) is 14.2 Å². The van der Waals surface area contributed by atoms with E-state index in [4.69, 9.17) is 0 Å². The number of hydrogen-bond donors (Lipinski definition) is 1. The average Bonchev–Trinajstić information content (AvgIpc) is 2.83. The number of ether oxygens (including phenoxy) is 2. The molecule has 0 saturated carbocycles. The van der Waals surface area contributed by atoms with E-state index >= 15 is 0 Å². The summed E-state index contributed by atoms with van der Waals surface area (Å²) in [6.45, 7) is 12.5. The minimum Gasteiger partial charge on any atom is -0.466 e. The van der Waals surface area contributed by atoms with E-state index in [1.807, 2.05) is 18.2 Å². The van der Waals surface area contributed by atoms with Gasteiger partial charge in [-0.3, -0.25) is 0 Å².